The minimum Gasteiger partial charge on any atom is -0.496 e. The van der Waals surface area contributed by atoms with E-state index in [2.05, 4.69) is 23.0 Å². The maximum atomic E-state index is 12.1. The highest BCUT2D eigenvalue weighted by molar-refractivity contribution is 5.39. The molecule has 0 heterocycles. The van der Waals surface area contributed by atoms with E-state index in [1.54, 1.807) is 31.4 Å². The van der Waals surface area contributed by atoms with E-state index in [1.165, 1.54) is 5.56 Å². The Kier molecular flexibility index (Phi) is 5.93. The molecule has 0 radical (unpaired) electrons. The average Bonchev–Trinajstić information content (AvgIpc) is 2.53. The van der Waals surface area contributed by atoms with Gasteiger partial charge >= 0.3 is 6.61 Å². The first-order chi connectivity index (χ1) is 11.0. The fourth-order valence-corrected chi connectivity index (χ4v) is 2.36. The monoisotopic (exact) mass is 321 g/mol. The van der Waals surface area contributed by atoms with Crippen LogP contribution < -0.4 is 14.8 Å². The van der Waals surface area contributed by atoms with E-state index in [-0.39, 0.29) is 11.8 Å². The van der Waals surface area contributed by atoms with Crippen molar-refractivity contribution in [1.29, 1.82) is 0 Å². The van der Waals surface area contributed by atoms with Crippen LogP contribution in [0.15, 0.2) is 42.5 Å². The maximum absolute atomic E-state index is 12.1. The van der Waals surface area contributed by atoms with Crippen LogP contribution in [-0.2, 0) is 6.54 Å². The molecule has 0 aliphatic carbocycles. The lowest BCUT2D eigenvalue weighted by Crippen LogP contribution is -2.18. The molecule has 124 valence electrons. The van der Waals surface area contributed by atoms with Crippen LogP contribution in [0.5, 0.6) is 11.5 Å². The fraction of sp³-hybridized carbons (Fsp3) is 0.333. The van der Waals surface area contributed by atoms with Gasteiger partial charge in [0.25, 0.3) is 0 Å². The van der Waals surface area contributed by atoms with Crippen LogP contribution in [0, 0.1) is 6.92 Å². The Morgan fingerprint density at radius 1 is 1.09 bits per heavy atom. The largest absolute Gasteiger partial charge is 0.496 e. The Labute approximate surface area is 135 Å². The first-order valence-electron chi connectivity index (χ1n) is 7.41. The Bertz CT molecular complexity index is 629. The summed E-state index contributed by atoms with van der Waals surface area (Å²) in [5, 5.41) is 3.41. The molecule has 1 atom stereocenters. The van der Waals surface area contributed by atoms with Crippen molar-refractivity contribution in [2.75, 3.05) is 7.11 Å². The third-order valence-corrected chi connectivity index (χ3v) is 3.61. The molecule has 0 amide bonds. The Balaban J connectivity index is 1.99. The van der Waals surface area contributed by atoms with Crippen molar-refractivity contribution in [2.24, 2.45) is 0 Å². The van der Waals surface area contributed by atoms with Crippen LogP contribution in [0.2, 0.25) is 0 Å². The molecule has 0 aliphatic heterocycles. The normalized spacial score (nSPS) is 12.3. The number of hydrogen-bond donors (Lipinski definition) is 1. The van der Waals surface area contributed by atoms with Crippen molar-refractivity contribution >= 4 is 0 Å². The molecule has 1 N–H and O–H groups in total. The summed E-state index contributed by atoms with van der Waals surface area (Å²) in [6.07, 6.45) is 0. The van der Waals surface area contributed by atoms with E-state index in [1.807, 2.05) is 19.1 Å². The molecule has 5 heteroatoms. The third kappa shape index (κ3) is 4.93. The molecule has 0 saturated carbocycles. The first kappa shape index (κ1) is 17.2. The molecule has 0 spiro atoms. The lowest BCUT2D eigenvalue weighted by molar-refractivity contribution is -0.0498. The summed E-state index contributed by atoms with van der Waals surface area (Å²) in [7, 11) is 1.66. The summed E-state index contributed by atoms with van der Waals surface area (Å²) < 4.78 is 34.0. The minimum absolute atomic E-state index is 0.0989. The van der Waals surface area contributed by atoms with Gasteiger partial charge in [0, 0.05) is 18.2 Å². The molecule has 1 unspecified atom stereocenters. The Morgan fingerprint density at radius 2 is 1.78 bits per heavy atom. The summed E-state index contributed by atoms with van der Waals surface area (Å²) in [4.78, 5) is 0. The molecular weight excluding hydrogens is 300 g/mol. The van der Waals surface area contributed by atoms with Crippen molar-refractivity contribution in [3.63, 3.8) is 0 Å². The second-order valence-corrected chi connectivity index (χ2v) is 5.37. The Morgan fingerprint density at radius 3 is 2.39 bits per heavy atom. The van der Waals surface area contributed by atoms with Crippen LogP contribution in [0.1, 0.15) is 29.7 Å². The van der Waals surface area contributed by atoms with Gasteiger partial charge in [-0.15, -0.1) is 0 Å². The lowest BCUT2D eigenvalue weighted by atomic mass is 10.0. The highest BCUT2D eigenvalue weighted by Crippen LogP contribution is 2.26. The smallest absolute Gasteiger partial charge is 0.387 e. The topological polar surface area (TPSA) is 30.5 Å². The molecule has 0 saturated heterocycles. The molecule has 0 bridgehead atoms. The molecule has 2 rings (SSSR count). The number of aryl methyl sites for hydroxylation is 1. The van der Waals surface area contributed by atoms with E-state index >= 15 is 0 Å². The van der Waals surface area contributed by atoms with Gasteiger partial charge in [-0.05, 0) is 37.6 Å². The van der Waals surface area contributed by atoms with E-state index in [9.17, 15) is 8.78 Å². The quantitative estimate of drug-likeness (QED) is 0.817. The maximum Gasteiger partial charge on any atom is 0.387 e. The number of rotatable bonds is 7. The standard InChI is InChI=1S/C18H21F2NO2/c1-12-4-9-17(22-3)16(10-12)13(2)21-11-14-5-7-15(8-6-14)23-18(19)20/h4-10,13,18,21H,11H2,1-3H3. The molecule has 2 aromatic carbocycles. The second kappa shape index (κ2) is 7.92. The molecule has 0 fully saturated rings. The van der Waals surface area contributed by atoms with Crippen molar-refractivity contribution in [1.82, 2.24) is 5.32 Å². The fourth-order valence-electron chi connectivity index (χ4n) is 2.36. The number of alkyl halides is 2. The molecule has 0 aromatic heterocycles. The highest BCUT2D eigenvalue weighted by atomic mass is 19.3. The van der Waals surface area contributed by atoms with Crippen LogP contribution in [0.3, 0.4) is 0 Å². The van der Waals surface area contributed by atoms with E-state index in [0.29, 0.717) is 6.54 Å². The second-order valence-electron chi connectivity index (χ2n) is 5.37. The van der Waals surface area contributed by atoms with Crippen molar-refractivity contribution < 1.29 is 18.3 Å². The average molecular weight is 321 g/mol. The van der Waals surface area contributed by atoms with Gasteiger partial charge in [0.2, 0.25) is 0 Å². The number of ether oxygens (including phenoxy) is 2. The predicted octanol–water partition coefficient (Wildman–Crippen LogP) is 4.46. The number of hydrogen-bond acceptors (Lipinski definition) is 3. The number of benzene rings is 2. The van der Waals surface area contributed by atoms with Crippen molar-refractivity contribution in [2.45, 2.75) is 33.0 Å². The molecule has 0 aliphatic rings. The van der Waals surface area contributed by atoms with Gasteiger partial charge in [-0.2, -0.15) is 8.78 Å². The zero-order valence-electron chi connectivity index (χ0n) is 13.5. The lowest BCUT2D eigenvalue weighted by Gasteiger charge is -2.18. The number of methoxy groups -OCH3 is 1. The summed E-state index contributed by atoms with van der Waals surface area (Å²) in [5.41, 5.74) is 3.25. The molecule has 23 heavy (non-hydrogen) atoms. The van der Waals surface area contributed by atoms with Gasteiger partial charge in [0.15, 0.2) is 0 Å². The molecular formula is C18H21F2NO2. The summed E-state index contributed by atoms with van der Waals surface area (Å²) in [6.45, 7) is 1.92. The van der Waals surface area contributed by atoms with Crippen molar-refractivity contribution in [3.05, 3.63) is 59.2 Å². The van der Waals surface area contributed by atoms with E-state index in [0.717, 1.165) is 16.9 Å². The zero-order chi connectivity index (χ0) is 16.8. The number of nitrogens with one attached hydrogen (secondary N) is 1. The van der Waals surface area contributed by atoms with Gasteiger partial charge in [-0.1, -0.05) is 29.8 Å². The van der Waals surface area contributed by atoms with E-state index < -0.39 is 6.61 Å². The van der Waals surface area contributed by atoms with Crippen LogP contribution in [0.25, 0.3) is 0 Å². The van der Waals surface area contributed by atoms with Crippen LogP contribution >= 0.6 is 0 Å². The third-order valence-electron chi connectivity index (χ3n) is 3.61. The van der Waals surface area contributed by atoms with Gasteiger partial charge in [0.05, 0.1) is 7.11 Å². The van der Waals surface area contributed by atoms with Gasteiger partial charge in [0.1, 0.15) is 11.5 Å². The highest BCUT2D eigenvalue weighted by Gasteiger charge is 2.11. The van der Waals surface area contributed by atoms with Crippen molar-refractivity contribution in [3.8, 4) is 11.5 Å². The minimum atomic E-state index is -2.80. The van der Waals surface area contributed by atoms with Gasteiger partial charge < -0.3 is 14.8 Å². The number of halogens is 2. The SMILES string of the molecule is COc1ccc(C)cc1C(C)NCc1ccc(OC(F)F)cc1. The van der Waals surface area contributed by atoms with Gasteiger partial charge in [-0.25, -0.2) is 0 Å². The van der Waals surface area contributed by atoms with Gasteiger partial charge in [-0.3, -0.25) is 0 Å². The molecule has 2 aromatic rings. The van der Waals surface area contributed by atoms with Crippen LogP contribution in [-0.4, -0.2) is 13.7 Å². The molecule has 3 nitrogen and oxygen atoms in total. The summed E-state index contributed by atoms with van der Waals surface area (Å²) in [6, 6.07) is 12.8. The summed E-state index contributed by atoms with van der Waals surface area (Å²) >= 11 is 0. The summed E-state index contributed by atoms with van der Waals surface area (Å²) in [5.74, 6) is 1.01. The Hall–Kier alpha value is -2.14. The first-order valence-corrected chi connectivity index (χ1v) is 7.41. The zero-order valence-corrected chi connectivity index (χ0v) is 13.5. The van der Waals surface area contributed by atoms with E-state index in [4.69, 9.17) is 4.74 Å². The van der Waals surface area contributed by atoms with Crippen LogP contribution in [0.4, 0.5) is 8.78 Å². The predicted molar refractivity (Wildman–Crippen MR) is 86.1 cm³/mol.